The van der Waals surface area contributed by atoms with Crippen LogP contribution in [-0.4, -0.2) is 35.4 Å². The molecule has 1 aromatic heterocycles. The summed E-state index contributed by atoms with van der Waals surface area (Å²) >= 11 is 0. The van der Waals surface area contributed by atoms with Crippen molar-refractivity contribution in [3.05, 3.63) is 30.5 Å². The van der Waals surface area contributed by atoms with Crippen LogP contribution in [-0.2, 0) is 0 Å². The minimum atomic E-state index is 0.486. The Bertz CT molecular complexity index is 633. The maximum Gasteiger partial charge on any atom is 0.249 e. The first-order valence-corrected chi connectivity index (χ1v) is 7.61. The van der Waals surface area contributed by atoms with Crippen molar-refractivity contribution in [1.29, 1.82) is 0 Å². The van der Waals surface area contributed by atoms with Crippen molar-refractivity contribution < 1.29 is 4.74 Å². The first-order chi connectivity index (χ1) is 10.8. The van der Waals surface area contributed by atoms with Gasteiger partial charge in [-0.25, -0.2) is 0 Å². The van der Waals surface area contributed by atoms with Crippen LogP contribution in [0, 0.1) is 5.92 Å². The van der Waals surface area contributed by atoms with Gasteiger partial charge in [0.05, 0.1) is 19.0 Å². The number of hydrogen-bond donors (Lipinski definition) is 1. The zero-order valence-electron chi connectivity index (χ0n) is 13.0. The fourth-order valence-electron chi connectivity index (χ4n) is 2.77. The summed E-state index contributed by atoms with van der Waals surface area (Å²) in [5.74, 6) is 2.80. The third kappa shape index (κ3) is 3.27. The Labute approximate surface area is 130 Å². The van der Waals surface area contributed by atoms with Crippen LogP contribution in [0.15, 0.2) is 30.5 Å². The van der Waals surface area contributed by atoms with Gasteiger partial charge in [-0.15, -0.1) is 5.10 Å². The average molecular weight is 299 g/mol. The van der Waals surface area contributed by atoms with Crippen LogP contribution >= 0.6 is 0 Å². The van der Waals surface area contributed by atoms with Gasteiger partial charge in [0.15, 0.2) is 5.82 Å². The number of piperidine rings is 1. The second kappa shape index (κ2) is 6.60. The van der Waals surface area contributed by atoms with Gasteiger partial charge >= 0.3 is 0 Å². The van der Waals surface area contributed by atoms with Crippen LogP contribution in [0.2, 0.25) is 0 Å². The van der Waals surface area contributed by atoms with Crippen LogP contribution in [0.25, 0.3) is 0 Å². The molecule has 22 heavy (non-hydrogen) atoms. The molecule has 1 aliphatic heterocycles. The Kier molecular flexibility index (Phi) is 4.37. The molecule has 1 fully saturated rings. The molecule has 1 atom stereocenters. The standard InChI is InChI=1S/C16H21N5O/c1-12-6-5-9-21(11-12)15-10-17-20-16(19-15)18-13-7-3-4-8-14(13)22-2/h3-4,7-8,10,12H,5-6,9,11H2,1-2H3,(H,18,19,20). The van der Waals surface area contributed by atoms with E-state index in [4.69, 9.17) is 4.74 Å². The lowest BCUT2D eigenvalue weighted by Gasteiger charge is -2.31. The van der Waals surface area contributed by atoms with Crippen molar-refractivity contribution >= 4 is 17.5 Å². The maximum absolute atomic E-state index is 5.33. The molecular weight excluding hydrogens is 278 g/mol. The van der Waals surface area contributed by atoms with Gasteiger partial charge in [-0.2, -0.15) is 10.1 Å². The van der Waals surface area contributed by atoms with E-state index in [0.717, 1.165) is 30.3 Å². The molecule has 1 N–H and O–H groups in total. The van der Waals surface area contributed by atoms with Gasteiger partial charge in [-0.05, 0) is 30.9 Å². The number of para-hydroxylation sites is 2. The first-order valence-electron chi connectivity index (χ1n) is 7.61. The van der Waals surface area contributed by atoms with E-state index in [2.05, 4.69) is 32.3 Å². The Morgan fingerprint density at radius 3 is 3.00 bits per heavy atom. The van der Waals surface area contributed by atoms with Crippen LogP contribution in [0.1, 0.15) is 19.8 Å². The summed E-state index contributed by atoms with van der Waals surface area (Å²) in [6.45, 7) is 4.32. The second-order valence-electron chi connectivity index (χ2n) is 5.66. The van der Waals surface area contributed by atoms with Crippen molar-refractivity contribution in [3.63, 3.8) is 0 Å². The van der Waals surface area contributed by atoms with Crippen molar-refractivity contribution in [2.45, 2.75) is 19.8 Å². The van der Waals surface area contributed by atoms with Gasteiger partial charge in [-0.1, -0.05) is 19.1 Å². The summed E-state index contributed by atoms with van der Waals surface area (Å²) in [5.41, 5.74) is 0.830. The number of anilines is 3. The predicted molar refractivity (Wildman–Crippen MR) is 86.7 cm³/mol. The van der Waals surface area contributed by atoms with Gasteiger partial charge in [0.25, 0.3) is 0 Å². The van der Waals surface area contributed by atoms with Gasteiger partial charge < -0.3 is 15.0 Å². The largest absolute Gasteiger partial charge is 0.495 e. The lowest BCUT2D eigenvalue weighted by atomic mass is 10.0. The van der Waals surface area contributed by atoms with E-state index in [0.29, 0.717) is 11.9 Å². The highest BCUT2D eigenvalue weighted by Crippen LogP contribution is 2.26. The van der Waals surface area contributed by atoms with Crippen molar-refractivity contribution in [2.24, 2.45) is 5.92 Å². The molecule has 0 amide bonds. The fraction of sp³-hybridized carbons (Fsp3) is 0.438. The van der Waals surface area contributed by atoms with Crippen molar-refractivity contribution in [2.75, 3.05) is 30.4 Å². The number of ether oxygens (including phenoxy) is 1. The number of rotatable bonds is 4. The van der Waals surface area contributed by atoms with Crippen LogP contribution in [0.5, 0.6) is 5.75 Å². The molecule has 6 heteroatoms. The van der Waals surface area contributed by atoms with Crippen LogP contribution in [0.4, 0.5) is 17.5 Å². The fourth-order valence-corrected chi connectivity index (χ4v) is 2.77. The number of hydrogen-bond acceptors (Lipinski definition) is 6. The van der Waals surface area contributed by atoms with Gasteiger partial charge in [0, 0.05) is 13.1 Å². The molecule has 6 nitrogen and oxygen atoms in total. The molecule has 2 aromatic rings. The number of methoxy groups -OCH3 is 1. The maximum atomic E-state index is 5.33. The highest BCUT2D eigenvalue weighted by molar-refractivity contribution is 5.62. The van der Waals surface area contributed by atoms with Crippen molar-refractivity contribution in [1.82, 2.24) is 15.2 Å². The minimum Gasteiger partial charge on any atom is -0.495 e. The molecule has 1 aromatic carbocycles. The van der Waals surface area contributed by atoms with Crippen LogP contribution in [0.3, 0.4) is 0 Å². The predicted octanol–water partition coefficient (Wildman–Crippen LogP) is 2.86. The number of nitrogens with zero attached hydrogens (tertiary/aromatic N) is 4. The molecule has 0 saturated carbocycles. The van der Waals surface area contributed by atoms with E-state index < -0.39 is 0 Å². The second-order valence-corrected chi connectivity index (χ2v) is 5.66. The molecule has 1 aliphatic rings. The SMILES string of the molecule is COc1ccccc1Nc1nncc(N2CCCC(C)C2)n1. The summed E-state index contributed by atoms with van der Waals surface area (Å²) in [4.78, 5) is 6.86. The highest BCUT2D eigenvalue weighted by atomic mass is 16.5. The smallest absolute Gasteiger partial charge is 0.249 e. The highest BCUT2D eigenvalue weighted by Gasteiger charge is 2.18. The molecule has 3 rings (SSSR count). The number of aromatic nitrogens is 3. The zero-order valence-corrected chi connectivity index (χ0v) is 13.0. The van der Waals surface area contributed by atoms with Gasteiger partial charge in [-0.3, -0.25) is 0 Å². The van der Waals surface area contributed by atoms with E-state index in [1.54, 1.807) is 13.3 Å². The average Bonchev–Trinajstić information content (AvgIpc) is 2.56. The first kappa shape index (κ1) is 14.6. The van der Waals surface area contributed by atoms with Crippen LogP contribution < -0.4 is 15.0 Å². The summed E-state index contributed by atoms with van der Waals surface area (Å²) in [6.07, 6.45) is 4.20. The van der Waals surface area contributed by atoms with Crippen molar-refractivity contribution in [3.8, 4) is 5.75 Å². The minimum absolute atomic E-state index is 0.486. The Morgan fingerprint density at radius 2 is 2.18 bits per heavy atom. The van der Waals surface area contributed by atoms with E-state index in [-0.39, 0.29) is 0 Å². The van der Waals surface area contributed by atoms with Gasteiger partial charge in [0.2, 0.25) is 5.95 Å². The Balaban J connectivity index is 1.79. The monoisotopic (exact) mass is 299 g/mol. The number of benzene rings is 1. The summed E-state index contributed by atoms with van der Waals surface area (Å²) in [5, 5.41) is 11.3. The molecule has 0 radical (unpaired) electrons. The Hall–Kier alpha value is -2.37. The molecular formula is C16H21N5O. The lowest BCUT2D eigenvalue weighted by Crippen LogP contribution is -2.35. The summed E-state index contributed by atoms with van der Waals surface area (Å²) in [6, 6.07) is 7.69. The summed E-state index contributed by atoms with van der Waals surface area (Å²) in [7, 11) is 1.64. The molecule has 0 aliphatic carbocycles. The third-order valence-corrected chi connectivity index (χ3v) is 3.88. The number of nitrogens with one attached hydrogen (secondary N) is 1. The molecule has 116 valence electrons. The van der Waals surface area contributed by atoms with Gasteiger partial charge in [0.1, 0.15) is 5.75 Å². The molecule has 0 bridgehead atoms. The van der Waals surface area contributed by atoms with E-state index in [9.17, 15) is 0 Å². The topological polar surface area (TPSA) is 63.2 Å². The van der Waals surface area contributed by atoms with E-state index in [1.807, 2.05) is 24.3 Å². The molecule has 1 unspecified atom stereocenters. The van der Waals surface area contributed by atoms with E-state index in [1.165, 1.54) is 12.8 Å². The summed E-state index contributed by atoms with van der Waals surface area (Å²) < 4.78 is 5.33. The zero-order chi connectivity index (χ0) is 15.4. The Morgan fingerprint density at radius 1 is 1.32 bits per heavy atom. The molecule has 0 spiro atoms. The lowest BCUT2D eigenvalue weighted by molar-refractivity contribution is 0.417. The normalized spacial score (nSPS) is 18.1. The third-order valence-electron chi connectivity index (χ3n) is 3.88. The molecule has 2 heterocycles. The quantitative estimate of drug-likeness (QED) is 0.936. The van der Waals surface area contributed by atoms with E-state index >= 15 is 0 Å². The molecule has 1 saturated heterocycles.